The van der Waals surface area contributed by atoms with Gasteiger partial charge in [-0.3, -0.25) is 4.79 Å². The molecule has 0 aliphatic carbocycles. The lowest BCUT2D eigenvalue weighted by Crippen LogP contribution is -2.40. The molecule has 0 amide bonds. The van der Waals surface area contributed by atoms with Crippen LogP contribution in [0.4, 0.5) is 24.9 Å². The monoisotopic (exact) mass is 454 g/mol. The van der Waals surface area contributed by atoms with E-state index in [1.165, 1.54) is 23.9 Å². The lowest BCUT2D eigenvalue weighted by molar-refractivity contribution is -0.137. The van der Waals surface area contributed by atoms with Crippen molar-refractivity contribution in [2.75, 3.05) is 37.9 Å². The molecular weight excluding hydrogens is 429 g/mol. The van der Waals surface area contributed by atoms with E-state index in [1.807, 2.05) is 6.07 Å². The van der Waals surface area contributed by atoms with Gasteiger partial charge in [0.05, 0.1) is 11.6 Å². The molecule has 0 bridgehead atoms. The molecule has 0 saturated heterocycles. The van der Waals surface area contributed by atoms with Gasteiger partial charge in [0.1, 0.15) is 16.7 Å². The zero-order valence-corrected chi connectivity index (χ0v) is 17.4. The highest BCUT2D eigenvalue weighted by Gasteiger charge is 2.31. The van der Waals surface area contributed by atoms with Crippen LogP contribution in [-0.4, -0.2) is 53.6 Å². The molecule has 168 valence electrons. The molecule has 0 unspecified atom stereocenters. The molecule has 0 aliphatic heterocycles. The van der Waals surface area contributed by atoms with Crippen LogP contribution in [0.25, 0.3) is 0 Å². The molecule has 1 aromatic heterocycles. The second kappa shape index (κ2) is 11.0. The molecule has 0 radical (unpaired) electrons. The molecular formula is C20H25F3N6OS. The number of nitrogens with one attached hydrogen (secondary N) is 1. The summed E-state index contributed by atoms with van der Waals surface area (Å²) in [5.74, 6) is -0.303. The number of anilines is 2. The van der Waals surface area contributed by atoms with Gasteiger partial charge in [-0.15, -0.1) is 11.8 Å². The fourth-order valence-corrected chi connectivity index (χ4v) is 3.28. The number of nitrogens with zero attached hydrogens (tertiary/aromatic N) is 4. The molecule has 11 heteroatoms. The number of carbonyl (C=O) groups is 1. The van der Waals surface area contributed by atoms with E-state index in [4.69, 9.17) is 5.73 Å². The van der Waals surface area contributed by atoms with Crippen LogP contribution in [0.5, 0.6) is 0 Å². The number of likely N-dealkylation sites (N-methyl/N-ethyl adjacent to an activating group) is 1. The fourth-order valence-electron chi connectivity index (χ4n) is 2.75. The van der Waals surface area contributed by atoms with Crippen molar-refractivity contribution in [3.8, 4) is 6.07 Å². The number of carbonyl (C=O) groups excluding carboxylic acids is 1. The Morgan fingerprint density at radius 3 is 2.58 bits per heavy atom. The zero-order valence-electron chi connectivity index (χ0n) is 16.6. The summed E-state index contributed by atoms with van der Waals surface area (Å²) in [5, 5.41) is 12.8. The highest BCUT2D eigenvalue weighted by molar-refractivity contribution is 7.98. The van der Waals surface area contributed by atoms with Gasteiger partial charge in [0.15, 0.2) is 11.6 Å². The first kappa shape index (κ1) is 26.2. The number of benzene rings is 1. The number of rotatable bonds is 8. The third kappa shape index (κ3) is 7.11. The van der Waals surface area contributed by atoms with Gasteiger partial charge in [-0.1, -0.05) is 25.6 Å². The topological polar surface area (TPSA) is 108 Å². The SMILES string of the molecule is C.CSc1nc(N)nc(N[C@@H](CN(C)C)C(=O)Cc2cccc(C(F)(F)F)c2)c1C#N. The van der Waals surface area contributed by atoms with E-state index >= 15 is 0 Å². The van der Waals surface area contributed by atoms with E-state index in [-0.39, 0.29) is 49.1 Å². The maximum atomic E-state index is 13.0. The Hall–Kier alpha value is -2.84. The lowest BCUT2D eigenvalue weighted by atomic mass is 10.0. The average molecular weight is 455 g/mol. The molecule has 1 aromatic carbocycles. The van der Waals surface area contributed by atoms with Crippen LogP contribution in [0.2, 0.25) is 0 Å². The molecule has 0 fully saturated rings. The molecule has 2 rings (SSSR count). The van der Waals surface area contributed by atoms with Crippen LogP contribution >= 0.6 is 11.8 Å². The summed E-state index contributed by atoms with van der Waals surface area (Å²) in [6.45, 7) is 0.237. The number of aromatic nitrogens is 2. The van der Waals surface area contributed by atoms with Crippen molar-refractivity contribution in [1.82, 2.24) is 14.9 Å². The molecule has 1 atom stereocenters. The smallest absolute Gasteiger partial charge is 0.368 e. The highest BCUT2D eigenvalue weighted by atomic mass is 32.2. The molecule has 7 nitrogen and oxygen atoms in total. The first-order chi connectivity index (χ1) is 14.0. The Morgan fingerprint density at radius 2 is 2.03 bits per heavy atom. The van der Waals surface area contributed by atoms with E-state index in [0.29, 0.717) is 5.03 Å². The van der Waals surface area contributed by atoms with Gasteiger partial charge >= 0.3 is 6.18 Å². The molecule has 0 spiro atoms. The number of alkyl halides is 3. The van der Waals surface area contributed by atoms with Crippen molar-refractivity contribution in [3.63, 3.8) is 0 Å². The van der Waals surface area contributed by atoms with Crippen LogP contribution in [0.1, 0.15) is 24.1 Å². The molecule has 0 saturated carbocycles. The molecule has 3 N–H and O–H groups in total. The van der Waals surface area contributed by atoms with Crippen molar-refractivity contribution in [2.45, 2.75) is 31.1 Å². The summed E-state index contributed by atoms with van der Waals surface area (Å²) in [5.41, 5.74) is 5.28. The molecule has 31 heavy (non-hydrogen) atoms. The van der Waals surface area contributed by atoms with Gasteiger partial charge in [0, 0.05) is 13.0 Å². The standard InChI is InChI=1S/C19H21F3N6OS.CH4/c1-28(2)10-14(25-16-13(9-23)17(30-3)27-18(24)26-16)15(29)8-11-5-4-6-12(7-11)19(20,21)22;/h4-7,14H,8,10H2,1-3H3,(H3,24,25,26,27);1H4/t14-;/m0./s1. The number of nitrogen functional groups attached to an aromatic ring is 1. The number of hydrogen-bond donors (Lipinski definition) is 2. The van der Waals surface area contributed by atoms with E-state index < -0.39 is 17.8 Å². The average Bonchev–Trinajstić information content (AvgIpc) is 2.66. The van der Waals surface area contributed by atoms with Gasteiger partial charge in [-0.25, -0.2) is 4.98 Å². The number of nitriles is 1. The summed E-state index contributed by atoms with van der Waals surface area (Å²) in [7, 11) is 3.50. The number of ketones is 1. The summed E-state index contributed by atoms with van der Waals surface area (Å²) < 4.78 is 38.9. The minimum atomic E-state index is -4.49. The van der Waals surface area contributed by atoms with Crippen molar-refractivity contribution in [1.29, 1.82) is 5.26 Å². The third-order valence-corrected chi connectivity index (χ3v) is 4.76. The van der Waals surface area contributed by atoms with Crippen molar-refractivity contribution in [2.24, 2.45) is 0 Å². The molecule has 2 aromatic rings. The number of thioether (sulfide) groups is 1. The lowest BCUT2D eigenvalue weighted by Gasteiger charge is -2.23. The summed E-state index contributed by atoms with van der Waals surface area (Å²) >= 11 is 1.21. The van der Waals surface area contributed by atoms with E-state index in [0.717, 1.165) is 12.1 Å². The van der Waals surface area contributed by atoms with Gasteiger partial charge in [0.2, 0.25) is 5.95 Å². The van der Waals surface area contributed by atoms with Gasteiger partial charge in [-0.05, 0) is 32.0 Å². The highest BCUT2D eigenvalue weighted by Crippen LogP contribution is 2.30. The third-order valence-electron chi connectivity index (χ3n) is 4.08. The Labute approximate surface area is 183 Å². The second-order valence-corrected chi connectivity index (χ2v) is 7.52. The van der Waals surface area contributed by atoms with Crippen molar-refractivity contribution < 1.29 is 18.0 Å². The van der Waals surface area contributed by atoms with Crippen LogP contribution in [0, 0.1) is 11.3 Å². The Bertz CT molecular complexity index is 959. The van der Waals surface area contributed by atoms with Gasteiger partial charge in [-0.2, -0.15) is 23.4 Å². The van der Waals surface area contributed by atoms with Crippen molar-refractivity contribution in [3.05, 3.63) is 41.0 Å². The van der Waals surface area contributed by atoms with Gasteiger partial charge in [0.25, 0.3) is 0 Å². The number of halogens is 3. The second-order valence-electron chi connectivity index (χ2n) is 6.73. The predicted octanol–water partition coefficient (Wildman–Crippen LogP) is 3.46. The summed E-state index contributed by atoms with van der Waals surface area (Å²) in [6.07, 6.45) is -2.98. The maximum absolute atomic E-state index is 13.0. The number of Topliss-reactive ketones (excluding diaryl/α,β-unsaturated/α-hetero) is 1. The summed E-state index contributed by atoms with van der Waals surface area (Å²) in [4.78, 5) is 22.7. The molecule has 0 aliphatic rings. The number of hydrogen-bond acceptors (Lipinski definition) is 8. The summed E-state index contributed by atoms with van der Waals surface area (Å²) in [6, 6.07) is 5.82. The van der Waals surface area contributed by atoms with Gasteiger partial charge < -0.3 is 16.0 Å². The quantitative estimate of drug-likeness (QED) is 0.461. The van der Waals surface area contributed by atoms with Crippen LogP contribution < -0.4 is 11.1 Å². The largest absolute Gasteiger partial charge is 0.416 e. The zero-order chi connectivity index (χ0) is 22.5. The normalized spacial score (nSPS) is 12.1. The first-order valence-corrected chi connectivity index (χ1v) is 9.99. The van der Waals surface area contributed by atoms with Crippen LogP contribution in [0.15, 0.2) is 29.3 Å². The maximum Gasteiger partial charge on any atom is 0.416 e. The molecule has 1 heterocycles. The van der Waals surface area contributed by atoms with E-state index in [1.54, 1.807) is 25.3 Å². The van der Waals surface area contributed by atoms with Crippen LogP contribution in [-0.2, 0) is 17.4 Å². The Morgan fingerprint density at radius 1 is 1.35 bits per heavy atom. The predicted molar refractivity (Wildman–Crippen MR) is 116 cm³/mol. The van der Waals surface area contributed by atoms with E-state index in [9.17, 15) is 23.2 Å². The van der Waals surface area contributed by atoms with Crippen molar-refractivity contribution >= 4 is 29.3 Å². The fraction of sp³-hybridized carbons (Fsp3) is 0.400. The Kier molecular flexibility index (Phi) is 9.27. The van der Waals surface area contributed by atoms with Crippen LogP contribution in [0.3, 0.4) is 0 Å². The minimum absolute atomic E-state index is 0. The van der Waals surface area contributed by atoms with E-state index in [2.05, 4.69) is 15.3 Å². The number of nitrogens with two attached hydrogens (primary N) is 1. The minimum Gasteiger partial charge on any atom is -0.368 e. The Balaban J connectivity index is 0.00000480. The first-order valence-electron chi connectivity index (χ1n) is 8.76.